The molecule has 2 aromatic rings. The van der Waals surface area contributed by atoms with Gasteiger partial charge in [0.2, 0.25) is 0 Å². The third-order valence-corrected chi connectivity index (χ3v) is 3.18. The highest BCUT2D eigenvalue weighted by atomic mass is 19.1. The standard InChI is InChI=1S/C16H17FN2O/c1-11-5-3-4-6-12(11)10-19(2)16(20)13-7-14(17)9-15(18)8-13/h3-9H,10,18H2,1-2H3. The Labute approximate surface area is 117 Å². The summed E-state index contributed by atoms with van der Waals surface area (Å²) in [4.78, 5) is 13.8. The molecule has 0 heterocycles. The van der Waals surface area contributed by atoms with Gasteiger partial charge in [0.15, 0.2) is 0 Å². The molecule has 0 fully saturated rings. The number of carbonyl (C=O) groups excluding carboxylic acids is 1. The molecule has 2 rings (SSSR count). The molecule has 3 nitrogen and oxygen atoms in total. The van der Waals surface area contributed by atoms with E-state index >= 15 is 0 Å². The van der Waals surface area contributed by atoms with Crippen LogP contribution in [0.3, 0.4) is 0 Å². The van der Waals surface area contributed by atoms with E-state index in [9.17, 15) is 9.18 Å². The Hall–Kier alpha value is -2.36. The van der Waals surface area contributed by atoms with Crippen LogP contribution in [0.2, 0.25) is 0 Å². The van der Waals surface area contributed by atoms with Gasteiger partial charge in [0.1, 0.15) is 5.82 Å². The van der Waals surface area contributed by atoms with Gasteiger partial charge in [-0.15, -0.1) is 0 Å². The highest BCUT2D eigenvalue weighted by Crippen LogP contribution is 2.15. The Kier molecular flexibility index (Phi) is 4.03. The van der Waals surface area contributed by atoms with Crippen LogP contribution in [0.5, 0.6) is 0 Å². The van der Waals surface area contributed by atoms with E-state index in [1.165, 1.54) is 18.2 Å². The number of aryl methyl sites for hydroxylation is 1. The summed E-state index contributed by atoms with van der Waals surface area (Å²) >= 11 is 0. The van der Waals surface area contributed by atoms with E-state index in [2.05, 4.69) is 0 Å². The molecule has 0 saturated heterocycles. The maximum absolute atomic E-state index is 13.3. The number of amides is 1. The molecule has 0 atom stereocenters. The van der Waals surface area contributed by atoms with Gasteiger partial charge in [0.05, 0.1) is 0 Å². The fraction of sp³-hybridized carbons (Fsp3) is 0.188. The Balaban J connectivity index is 2.18. The average Bonchev–Trinajstić information content (AvgIpc) is 2.39. The van der Waals surface area contributed by atoms with Gasteiger partial charge in [-0.05, 0) is 36.2 Å². The molecule has 0 spiro atoms. The SMILES string of the molecule is Cc1ccccc1CN(C)C(=O)c1cc(N)cc(F)c1. The second-order valence-electron chi connectivity index (χ2n) is 4.86. The van der Waals surface area contributed by atoms with Crippen LogP contribution in [-0.2, 0) is 6.54 Å². The Bertz CT molecular complexity index is 620. The van der Waals surface area contributed by atoms with E-state index < -0.39 is 5.82 Å². The van der Waals surface area contributed by atoms with Gasteiger partial charge in [0, 0.05) is 24.8 Å². The minimum atomic E-state index is -0.502. The van der Waals surface area contributed by atoms with Gasteiger partial charge in [-0.3, -0.25) is 4.79 Å². The Morgan fingerprint density at radius 1 is 1.25 bits per heavy atom. The van der Waals surface area contributed by atoms with E-state index in [1.54, 1.807) is 11.9 Å². The van der Waals surface area contributed by atoms with Crippen LogP contribution >= 0.6 is 0 Å². The second kappa shape index (κ2) is 5.74. The summed E-state index contributed by atoms with van der Waals surface area (Å²) in [6.45, 7) is 2.47. The molecule has 104 valence electrons. The molecule has 20 heavy (non-hydrogen) atoms. The lowest BCUT2D eigenvalue weighted by Crippen LogP contribution is -2.26. The minimum Gasteiger partial charge on any atom is -0.399 e. The summed E-state index contributed by atoms with van der Waals surface area (Å²) in [5, 5.41) is 0. The molecule has 0 bridgehead atoms. The number of nitrogens with zero attached hydrogens (tertiary/aromatic N) is 1. The van der Waals surface area contributed by atoms with E-state index in [0.29, 0.717) is 6.54 Å². The lowest BCUT2D eigenvalue weighted by atomic mass is 10.1. The van der Waals surface area contributed by atoms with Gasteiger partial charge in [-0.1, -0.05) is 24.3 Å². The first-order valence-corrected chi connectivity index (χ1v) is 6.33. The van der Waals surface area contributed by atoms with Crippen molar-refractivity contribution in [2.45, 2.75) is 13.5 Å². The monoisotopic (exact) mass is 272 g/mol. The topological polar surface area (TPSA) is 46.3 Å². The summed E-state index contributed by atoms with van der Waals surface area (Å²) in [6, 6.07) is 11.7. The number of halogens is 1. The highest BCUT2D eigenvalue weighted by Gasteiger charge is 2.14. The number of carbonyl (C=O) groups is 1. The zero-order valence-electron chi connectivity index (χ0n) is 11.6. The molecule has 0 radical (unpaired) electrons. The van der Waals surface area contributed by atoms with Gasteiger partial charge in [-0.2, -0.15) is 0 Å². The molecule has 0 saturated carbocycles. The predicted molar refractivity (Wildman–Crippen MR) is 77.8 cm³/mol. The molecule has 4 heteroatoms. The zero-order valence-corrected chi connectivity index (χ0v) is 11.6. The molecule has 0 aliphatic carbocycles. The fourth-order valence-corrected chi connectivity index (χ4v) is 2.07. The van der Waals surface area contributed by atoms with Crippen molar-refractivity contribution in [1.82, 2.24) is 4.90 Å². The second-order valence-corrected chi connectivity index (χ2v) is 4.86. The van der Waals surface area contributed by atoms with Gasteiger partial charge in [0.25, 0.3) is 5.91 Å². The smallest absolute Gasteiger partial charge is 0.254 e. The van der Waals surface area contributed by atoms with E-state index in [-0.39, 0.29) is 17.2 Å². The summed E-state index contributed by atoms with van der Waals surface area (Å²) < 4.78 is 13.3. The minimum absolute atomic E-state index is 0.248. The van der Waals surface area contributed by atoms with Crippen molar-refractivity contribution in [3.05, 3.63) is 65.0 Å². The number of nitrogens with two attached hydrogens (primary N) is 1. The van der Waals surface area contributed by atoms with Gasteiger partial charge in [-0.25, -0.2) is 4.39 Å². The largest absolute Gasteiger partial charge is 0.399 e. The van der Waals surface area contributed by atoms with Crippen LogP contribution in [-0.4, -0.2) is 17.9 Å². The van der Waals surface area contributed by atoms with Crippen molar-refractivity contribution >= 4 is 11.6 Å². The molecule has 1 amide bonds. The molecule has 2 aromatic carbocycles. The first kappa shape index (κ1) is 14.1. The van der Waals surface area contributed by atoms with Crippen molar-refractivity contribution in [2.24, 2.45) is 0 Å². The Morgan fingerprint density at radius 2 is 1.95 bits per heavy atom. The van der Waals surface area contributed by atoms with Crippen molar-refractivity contribution in [1.29, 1.82) is 0 Å². The van der Waals surface area contributed by atoms with E-state index in [0.717, 1.165) is 11.1 Å². The maximum atomic E-state index is 13.3. The van der Waals surface area contributed by atoms with Crippen LogP contribution in [0.4, 0.5) is 10.1 Å². The number of anilines is 1. The molecule has 0 aromatic heterocycles. The molecular formula is C16H17FN2O. The van der Waals surface area contributed by atoms with E-state index in [1.807, 2.05) is 31.2 Å². The number of nitrogen functional groups attached to an aromatic ring is 1. The average molecular weight is 272 g/mol. The van der Waals surface area contributed by atoms with Gasteiger partial charge >= 0.3 is 0 Å². The fourth-order valence-electron chi connectivity index (χ4n) is 2.07. The van der Waals surface area contributed by atoms with Crippen LogP contribution in [0.1, 0.15) is 21.5 Å². The summed E-state index contributed by atoms with van der Waals surface area (Å²) in [7, 11) is 1.69. The first-order valence-electron chi connectivity index (χ1n) is 6.33. The van der Waals surface area contributed by atoms with E-state index in [4.69, 9.17) is 5.73 Å². The van der Waals surface area contributed by atoms with Crippen LogP contribution in [0, 0.1) is 12.7 Å². The molecule has 2 N–H and O–H groups in total. The zero-order chi connectivity index (χ0) is 14.7. The normalized spacial score (nSPS) is 10.3. The van der Waals surface area contributed by atoms with Crippen LogP contribution < -0.4 is 5.73 Å². The third-order valence-electron chi connectivity index (χ3n) is 3.18. The third kappa shape index (κ3) is 3.15. The van der Waals surface area contributed by atoms with Gasteiger partial charge < -0.3 is 10.6 Å². The number of benzene rings is 2. The summed E-state index contributed by atoms with van der Waals surface area (Å²) in [5.74, 6) is -0.753. The Morgan fingerprint density at radius 3 is 2.60 bits per heavy atom. The van der Waals surface area contributed by atoms with Crippen molar-refractivity contribution in [2.75, 3.05) is 12.8 Å². The molecule has 0 aliphatic rings. The van der Waals surface area contributed by atoms with Crippen LogP contribution in [0.25, 0.3) is 0 Å². The lowest BCUT2D eigenvalue weighted by Gasteiger charge is -2.18. The number of hydrogen-bond donors (Lipinski definition) is 1. The number of hydrogen-bond acceptors (Lipinski definition) is 2. The maximum Gasteiger partial charge on any atom is 0.254 e. The molecule has 0 aliphatic heterocycles. The quantitative estimate of drug-likeness (QED) is 0.873. The summed E-state index contributed by atoms with van der Waals surface area (Å²) in [6.07, 6.45) is 0. The van der Waals surface area contributed by atoms with Crippen molar-refractivity contribution in [3.8, 4) is 0 Å². The lowest BCUT2D eigenvalue weighted by molar-refractivity contribution is 0.0784. The molecule has 0 unspecified atom stereocenters. The molecular weight excluding hydrogens is 255 g/mol. The van der Waals surface area contributed by atoms with Crippen molar-refractivity contribution in [3.63, 3.8) is 0 Å². The van der Waals surface area contributed by atoms with Crippen molar-refractivity contribution < 1.29 is 9.18 Å². The summed E-state index contributed by atoms with van der Waals surface area (Å²) in [5.41, 5.74) is 8.25. The number of rotatable bonds is 3. The highest BCUT2D eigenvalue weighted by molar-refractivity contribution is 5.94. The first-order chi connectivity index (χ1) is 9.47. The van der Waals surface area contributed by atoms with Crippen LogP contribution in [0.15, 0.2) is 42.5 Å². The predicted octanol–water partition coefficient (Wildman–Crippen LogP) is 2.99.